The van der Waals surface area contributed by atoms with Gasteiger partial charge in [-0.15, -0.1) is 0 Å². The lowest BCUT2D eigenvalue weighted by Crippen LogP contribution is -2.37. The van der Waals surface area contributed by atoms with Crippen molar-refractivity contribution in [1.82, 2.24) is 0 Å². The molecule has 1 heterocycles. The molecule has 0 amide bonds. The molecule has 0 aliphatic carbocycles. The average Bonchev–Trinajstić information content (AvgIpc) is 2.46. The predicted molar refractivity (Wildman–Crippen MR) is 82.9 cm³/mol. The molecular formula is C14H17N5O4. The second kappa shape index (κ2) is 6.64. The van der Waals surface area contributed by atoms with Crippen LogP contribution in [0.3, 0.4) is 0 Å². The Morgan fingerprint density at radius 3 is 2.61 bits per heavy atom. The van der Waals surface area contributed by atoms with E-state index >= 15 is 0 Å². The lowest BCUT2D eigenvalue weighted by molar-refractivity contribution is -0.384. The Hall–Kier alpha value is -2.64. The van der Waals surface area contributed by atoms with Gasteiger partial charge in [0.2, 0.25) is 6.29 Å². The smallest absolute Gasteiger partial charge is 0.269 e. The molecule has 0 saturated carbocycles. The Labute approximate surface area is 132 Å². The van der Waals surface area contributed by atoms with Crippen molar-refractivity contribution >= 4 is 11.4 Å². The molecule has 23 heavy (non-hydrogen) atoms. The number of non-ortho nitro benzene ring substituents is 1. The SMILES string of the molecule is CC(C)(C)O[C@@H]1C[C@@H](N=[N+]=[N-])C(c2ccc([N+](=O)[O-])cc2)=NO1. The Balaban J connectivity index is 2.25. The van der Waals surface area contributed by atoms with Gasteiger partial charge in [0.25, 0.3) is 5.69 Å². The molecule has 0 radical (unpaired) electrons. The maximum atomic E-state index is 10.7. The number of nitrogens with zero attached hydrogens (tertiary/aromatic N) is 5. The largest absolute Gasteiger partial charge is 0.363 e. The zero-order valence-electron chi connectivity index (χ0n) is 13.0. The fraction of sp³-hybridized carbons (Fsp3) is 0.500. The van der Waals surface area contributed by atoms with Crippen molar-refractivity contribution in [3.8, 4) is 0 Å². The maximum Gasteiger partial charge on any atom is 0.269 e. The van der Waals surface area contributed by atoms with Gasteiger partial charge < -0.3 is 9.57 Å². The third-order valence-corrected chi connectivity index (χ3v) is 3.05. The van der Waals surface area contributed by atoms with E-state index in [1.54, 1.807) is 12.1 Å². The molecule has 0 fully saturated rings. The van der Waals surface area contributed by atoms with Gasteiger partial charge in [-0.3, -0.25) is 10.1 Å². The van der Waals surface area contributed by atoms with Crippen molar-refractivity contribution in [2.75, 3.05) is 0 Å². The zero-order valence-corrected chi connectivity index (χ0v) is 13.0. The summed E-state index contributed by atoms with van der Waals surface area (Å²) in [4.78, 5) is 18.4. The Bertz CT molecular complexity index is 659. The normalized spacial score (nSPS) is 20.9. The van der Waals surface area contributed by atoms with E-state index in [1.807, 2.05) is 20.8 Å². The number of nitro benzene ring substituents is 1. The fourth-order valence-electron chi connectivity index (χ4n) is 2.14. The molecule has 0 N–H and O–H groups in total. The molecule has 0 bridgehead atoms. The first-order valence-corrected chi connectivity index (χ1v) is 7.01. The summed E-state index contributed by atoms with van der Waals surface area (Å²) in [6, 6.07) is 5.25. The van der Waals surface area contributed by atoms with Gasteiger partial charge >= 0.3 is 0 Å². The molecular weight excluding hydrogens is 302 g/mol. The van der Waals surface area contributed by atoms with Gasteiger partial charge in [0.15, 0.2) is 0 Å². The van der Waals surface area contributed by atoms with Crippen molar-refractivity contribution in [1.29, 1.82) is 0 Å². The minimum absolute atomic E-state index is 0.0274. The number of hydrogen-bond donors (Lipinski definition) is 0. The molecule has 0 saturated heterocycles. The predicted octanol–water partition coefficient (Wildman–Crippen LogP) is 3.54. The molecule has 1 aliphatic rings. The standard InChI is InChI=1S/C14H17N5O4/c1-14(2,3)22-12-8-11(16-18-15)13(17-23-12)9-4-6-10(7-5-9)19(20)21/h4-7,11-12H,8H2,1-3H3/t11-,12+/m1/s1. The highest BCUT2D eigenvalue weighted by molar-refractivity contribution is 6.04. The van der Waals surface area contributed by atoms with Crippen LogP contribution in [0.25, 0.3) is 10.4 Å². The van der Waals surface area contributed by atoms with Gasteiger partial charge in [0.1, 0.15) is 0 Å². The number of hydrogen-bond acceptors (Lipinski definition) is 6. The van der Waals surface area contributed by atoms with Gasteiger partial charge in [-0.05, 0) is 38.4 Å². The first-order chi connectivity index (χ1) is 10.8. The molecule has 0 unspecified atom stereocenters. The van der Waals surface area contributed by atoms with Gasteiger partial charge in [-0.25, -0.2) is 0 Å². The first-order valence-electron chi connectivity index (χ1n) is 7.01. The molecule has 2 atom stereocenters. The molecule has 0 spiro atoms. The molecule has 1 aliphatic heterocycles. The molecule has 9 heteroatoms. The highest BCUT2D eigenvalue weighted by atomic mass is 16.8. The lowest BCUT2D eigenvalue weighted by atomic mass is 10.00. The number of benzene rings is 1. The summed E-state index contributed by atoms with van der Waals surface area (Å²) in [6.07, 6.45) is -0.302. The number of oxime groups is 1. The summed E-state index contributed by atoms with van der Waals surface area (Å²) >= 11 is 0. The van der Waals surface area contributed by atoms with Crippen molar-refractivity contribution in [2.24, 2.45) is 10.3 Å². The quantitative estimate of drug-likeness (QED) is 0.277. The number of azide groups is 1. The van der Waals surface area contributed by atoms with E-state index in [9.17, 15) is 10.1 Å². The van der Waals surface area contributed by atoms with Crippen LogP contribution >= 0.6 is 0 Å². The van der Waals surface area contributed by atoms with Crippen LogP contribution in [-0.4, -0.2) is 28.6 Å². The van der Waals surface area contributed by atoms with Gasteiger partial charge in [0, 0.05) is 29.0 Å². The van der Waals surface area contributed by atoms with E-state index in [0.29, 0.717) is 17.7 Å². The van der Waals surface area contributed by atoms with E-state index in [0.717, 1.165) is 0 Å². The van der Waals surface area contributed by atoms with E-state index < -0.39 is 22.9 Å². The van der Waals surface area contributed by atoms with Crippen molar-refractivity contribution in [3.63, 3.8) is 0 Å². The van der Waals surface area contributed by atoms with Crippen molar-refractivity contribution in [2.45, 2.75) is 45.1 Å². The van der Waals surface area contributed by atoms with E-state index in [2.05, 4.69) is 15.2 Å². The molecule has 0 aromatic heterocycles. The van der Waals surface area contributed by atoms with E-state index in [1.165, 1.54) is 12.1 Å². The van der Waals surface area contributed by atoms with Crippen molar-refractivity contribution < 1.29 is 14.5 Å². The minimum atomic E-state index is -0.618. The van der Waals surface area contributed by atoms with Crippen LogP contribution in [0.5, 0.6) is 0 Å². The third kappa shape index (κ3) is 4.41. The number of ether oxygens (including phenoxy) is 1. The molecule has 1 aromatic carbocycles. The number of rotatable bonds is 4. The Morgan fingerprint density at radius 2 is 2.09 bits per heavy atom. The summed E-state index contributed by atoms with van der Waals surface area (Å²) < 4.78 is 5.69. The summed E-state index contributed by atoms with van der Waals surface area (Å²) in [5.41, 5.74) is 9.32. The topological polar surface area (TPSA) is 123 Å². The second-order valence-electron chi connectivity index (χ2n) is 6.00. The van der Waals surface area contributed by atoms with Gasteiger partial charge in [-0.1, -0.05) is 10.3 Å². The van der Waals surface area contributed by atoms with Crippen LogP contribution in [0.2, 0.25) is 0 Å². The molecule has 9 nitrogen and oxygen atoms in total. The Kier molecular flexibility index (Phi) is 4.83. The lowest BCUT2D eigenvalue weighted by Gasteiger charge is -2.30. The third-order valence-electron chi connectivity index (χ3n) is 3.05. The van der Waals surface area contributed by atoms with Crippen LogP contribution in [-0.2, 0) is 9.57 Å². The van der Waals surface area contributed by atoms with Gasteiger partial charge in [-0.2, -0.15) is 0 Å². The summed E-state index contributed by atoms with van der Waals surface area (Å²) in [7, 11) is 0. The van der Waals surface area contributed by atoms with E-state index in [4.69, 9.17) is 15.1 Å². The van der Waals surface area contributed by atoms with Crippen LogP contribution < -0.4 is 0 Å². The van der Waals surface area contributed by atoms with Crippen LogP contribution in [0, 0.1) is 10.1 Å². The van der Waals surface area contributed by atoms with Crippen LogP contribution in [0.4, 0.5) is 5.69 Å². The molecule has 2 rings (SSSR count). The van der Waals surface area contributed by atoms with Gasteiger partial charge in [0.05, 0.1) is 22.3 Å². The number of nitro groups is 1. The summed E-state index contributed by atoms with van der Waals surface area (Å²) in [6.45, 7) is 5.65. The highest BCUT2D eigenvalue weighted by Crippen LogP contribution is 2.25. The summed E-state index contributed by atoms with van der Waals surface area (Å²) in [5, 5.41) is 18.4. The van der Waals surface area contributed by atoms with E-state index in [-0.39, 0.29) is 5.69 Å². The minimum Gasteiger partial charge on any atom is -0.363 e. The monoisotopic (exact) mass is 319 g/mol. The zero-order chi connectivity index (χ0) is 17.0. The summed E-state index contributed by atoms with van der Waals surface area (Å²) in [5.74, 6) is 0. The maximum absolute atomic E-state index is 10.7. The average molecular weight is 319 g/mol. The van der Waals surface area contributed by atoms with Crippen LogP contribution in [0.15, 0.2) is 34.5 Å². The van der Waals surface area contributed by atoms with Crippen LogP contribution in [0.1, 0.15) is 32.8 Å². The van der Waals surface area contributed by atoms with Crippen molar-refractivity contribution in [3.05, 3.63) is 50.4 Å². The second-order valence-corrected chi connectivity index (χ2v) is 6.00. The first kappa shape index (κ1) is 16.7. The molecule has 1 aromatic rings. The molecule has 122 valence electrons. The Morgan fingerprint density at radius 1 is 1.43 bits per heavy atom. The highest BCUT2D eigenvalue weighted by Gasteiger charge is 2.31. The fourth-order valence-corrected chi connectivity index (χ4v) is 2.14.